The zero-order valence-electron chi connectivity index (χ0n) is 12.6. The molecule has 0 radical (unpaired) electrons. The molecule has 4 unspecified atom stereocenters. The van der Waals surface area contributed by atoms with Crippen LogP contribution in [-0.4, -0.2) is 29.7 Å². The van der Waals surface area contributed by atoms with Crippen LogP contribution >= 0.6 is 0 Å². The number of hydrogen-bond donors (Lipinski definition) is 0. The number of carbonyl (C=O) groups excluding carboxylic acids is 1. The highest BCUT2D eigenvalue weighted by molar-refractivity contribution is 5.68. The molecule has 0 aromatic carbocycles. The molecule has 3 nitrogen and oxygen atoms in total. The van der Waals surface area contributed by atoms with E-state index in [0.717, 1.165) is 62.4 Å². The minimum absolute atomic E-state index is 0.0421. The summed E-state index contributed by atoms with van der Waals surface area (Å²) in [6.07, 6.45) is 10.1. The molecule has 4 aliphatic rings. The van der Waals surface area contributed by atoms with E-state index in [1.54, 1.807) is 0 Å². The SMILES string of the molecule is CC1(OC(=O)N2CCCCC2)CC2C3CCC(C3)C2C1. The lowest BCUT2D eigenvalue weighted by molar-refractivity contribution is -0.00308. The van der Waals surface area contributed by atoms with Crippen LogP contribution in [0.5, 0.6) is 0 Å². The largest absolute Gasteiger partial charge is 0.443 e. The van der Waals surface area contributed by atoms with E-state index in [1.807, 2.05) is 4.90 Å². The summed E-state index contributed by atoms with van der Waals surface area (Å²) in [7, 11) is 0. The van der Waals surface area contributed by atoms with Crippen molar-refractivity contribution in [3.8, 4) is 0 Å². The highest BCUT2D eigenvalue weighted by atomic mass is 16.6. The van der Waals surface area contributed by atoms with E-state index in [-0.39, 0.29) is 11.7 Å². The Morgan fingerprint density at radius 3 is 2.25 bits per heavy atom. The number of likely N-dealkylation sites (tertiary alicyclic amines) is 1. The second-order valence-corrected chi connectivity index (χ2v) is 7.93. The number of hydrogen-bond acceptors (Lipinski definition) is 2. The molecule has 1 saturated heterocycles. The predicted octanol–water partition coefficient (Wildman–Crippen LogP) is 3.82. The Labute approximate surface area is 122 Å². The fourth-order valence-corrected chi connectivity index (χ4v) is 5.68. The summed E-state index contributed by atoms with van der Waals surface area (Å²) >= 11 is 0. The quantitative estimate of drug-likeness (QED) is 0.729. The summed E-state index contributed by atoms with van der Waals surface area (Å²) in [4.78, 5) is 14.3. The van der Waals surface area contributed by atoms with Crippen LogP contribution in [-0.2, 0) is 4.74 Å². The summed E-state index contributed by atoms with van der Waals surface area (Å²) in [6, 6.07) is 0. The van der Waals surface area contributed by atoms with Gasteiger partial charge in [0.05, 0.1) is 0 Å². The Balaban J connectivity index is 1.40. The van der Waals surface area contributed by atoms with Gasteiger partial charge in [-0.1, -0.05) is 0 Å². The maximum absolute atomic E-state index is 12.4. The standard InChI is InChI=1S/C17H27NO2/c1-17(20-16(19)18-7-3-2-4-8-18)10-14-12-5-6-13(9-12)15(14)11-17/h12-15H,2-11H2,1H3. The first-order valence-electron chi connectivity index (χ1n) is 8.63. The second kappa shape index (κ2) is 4.64. The highest BCUT2D eigenvalue weighted by Crippen LogP contribution is 2.61. The van der Waals surface area contributed by atoms with E-state index in [0.29, 0.717) is 0 Å². The second-order valence-electron chi connectivity index (χ2n) is 7.93. The first kappa shape index (κ1) is 13.0. The van der Waals surface area contributed by atoms with E-state index in [9.17, 15) is 4.79 Å². The summed E-state index contributed by atoms with van der Waals surface area (Å²) < 4.78 is 5.99. The summed E-state index contributed by atoms with van der Waals surface area (Å²) in [5.41, 5.74) is -0.175. The van der Waals surface area contributed by atoms with Gasteiger partial charge < -0.3 is 9.64 Å². The number of nitrogens with zero attached hydrogens (tertiary/aromatic N) is 1. The minimum Gasteiger partial charge on any atom is -0.443 e. The van der Waals surface area contributed by atoms with Crippen molar-refractivity contribution in [3.63, 3.8) is 0 Å². The number of piperidine rings is 1. The van der Waals surface area contributed by atoms with Gasteiger partial charge in [-0.15, -0.1) is 0 Å². The molecule has 0 aromatic rings. The van der Waals surface area contributed by atoms with Gasteiger partial charge in [0.1, 0.15) is 5.60 Å². The Hall–Kier alpha value is -0.730. The normalized spacial score (nSPS) is 46.5. The first-order chi connectivity index (χ1) is 9.65. The van der Waals surface area contributed by atoms with E-state index >= 15 is 0 Å². The molecule has 3 heteroatoms. The van der Waals surface area contributed by atoms with Gasteiger partial charge in [0.15, 0.2) is 0 Å². The van der Waals surface area contributed by atoms with Gasteiger partial charge >= 0.3 is 6.09 Å². The molecule has 1 amide bonds. The van der Waals surface area contributed by atoms with Crippen LogP contribution in [0, 0.1) is 23.7 Å². The van der Waals surface area contributed by atoms with Crippen LogP contribution in [0.25, 0.3) is 0 Å². The zero-order chi connectivity index (χ0) is 13.7. The molecule has 1 aliphatic heterocycles. The van der Waals surface area contributed by atoms with E-state index in [1.165, 1.54) is 25.7 Å². The highest BCUT2D eigenvalue weighted by Gasteiger charge is 2.56. The average Bonchev–Trinajstić information content (AvgIpc) is 3.10. The molecule has 0 spiro atoms. The number of amides is 1. The lowest BCUT2D eigenvalue weighted by Gasteiger charge is -2.32. The molecule has 20 heavy (non-hydrogen) atoms. The molecule has 4 fully saturated rings. The van der Waals surface area contributed by atoms with Crippen molar-refractivity contribution in [1.82, 2.24) is 4.90 Å². The molecule has 112 valence electrons. The number of rotatable bonds is 1. The van der Waals surface area contributed by atoms with Gasteiger partial charge in [0.25, 0.3) is 0 Å². The van der Waals surface area contributed by atoms with Gasteiger partial charge in [-0.2, -0.15) is 0 Å². The smallest absolute Gasteiger partial charge is 0.410 e. The van der Waals surface area contributed by atoms with Crippen LogP contribution < -0.4 is 0 Å². The monoisotopic (exact) mass is 277 g/mol. The Morgan fingerprint density at radius 1 is 1.05 bits per heavy atom. The summed E-state index contributed by atoms with van der Waals surface area (Å²) in [6.45, 7) is 3.98. The molecule has 0 aromatic heterocycles. The third kappa shape index (κ3) is 2.05. The third-order valence-electron chi connectivity index (χ3n) is 6.56. The van der Waals surface area contributed by atoms with E-state index in [4.69, 9.17) is 4.74 Å². The Kier molecular flexibility index (Phi) is 3.01. The Bertz CT molecular complexity index is 384. The average molecular weight is 277 g/mol. The van der Waals surface area contributed by atoms with Crippen LogP contribution in [0.3, 0.4) is 0 Å². The fourth-order valence-electron chi connectivity index (χ4n) is 5.68. The van der Waals surface area contributed by atoms with Crippen LogP contribution in [0.2, 0.25) is 0 Å². The zero-order valence-corrected chi connectivity index (χ0v) is 12.6. The molecular formula is C17H27NO2. The summed E-state index contributed by atoms with van der Waals surface area (Å²) in [5.74, 6) is 3.60. The van der Waals surface area contributed by atoms with Crippen LogP contribution in [0.1, 0.15) is 58.3 Å². The topological polar surface area (TPSA) is 29.5 Å². The van der Waals surface area contributed by atoms with Crippen molar-refractivity contribution < 1.29 is 9.53 Å². The van der Waals surface area contributed by atoms with Gasteiger partial charge in [-0.25, -0.2) is 4.79 Å². The molecule has 1 heterocycles. The van der Waals surface area contributed by atoms with Crippen molar-refractivity contribution in [3.05, 3.63) is 0 Å². The Morgan fingerprint density at radius 2 is 1.65 bits per heavy atom. The van der Waals surface area contributed by atoms with Gasteiger partial charge in [0, 0.05) is 13.1 Å². The summed E-state index contributed by atoms with van der Waals surface area (Å²) in [5, 5.41) is 0. The van der Waals surface area contributed by atoms with Gasteiger partial charge in [-0.05, 0) is 82.0 Å². The predicted molar refractivity (Wildman–Crippen MR) is 77.4 cm³/mol. The van der Waals surface area contributed by atoms with Crippen molar-refractivity contribution in [2.45, 2.75) is 63.9 Å². The lowest BCUT2D eigenvalue weighted by atomic mass is 9.82. The van der Waals surface area contributed by atoms with Crippen molar-refractivity contribution in [1.29, 1.82) is 0 Å². The van der Waals surface area contributed by atoms with Gasteiger partial charge in [0.2, 0.25) is 0 Å². The fraction of sp³-hybridized carbons (Fsp3) is 0.941. The molecule has 2 bridgehead atoms. The molecule has 0 N–H and O–H groups in total. The van der Waals surface area contributed by atoms with E-state index in [2.05, 4.69) is 6.92 Å². The molecule has 4 atom stereocenters. The maximum atomic E-state index is 12.4. The van der Waals surface area contributed by atoms with Crippen molar-refractivity contribution >= 4 is 6.09 Å². The minimum atomic E-state index is -0.175. The number of ether oxygens (including phenoxy) is 1. The van der Waals surface area contributed by atoms with Crippen LogP contribution in [0.15, 0.2) is 0 Å². The van der Waals surface area contributed by atoms with Crippen LogP contribution in [0.4, 0.5) is 4.79 Å². The van der Waals surface area contributed by atoms with Crippen molar-refractivity contribution in [2.24, 2.45) is 23.7 Å². The molecular weight excluding hydrogens is 250 g/mol. The third-order valence-corrected chi connectivity index (χ3v) is 6.56. The molecule has 3 saturated carbocycles. The maximum Gasteiger partial charge on any atom is 0.410 e. The van der Waals surface area contributed by atoms with E-state index < -0.39 is 0 Å². The lowest BCUT2D eigenvalue weighted by Crippen LogP contribution is -2.41. The molecule has 4 rings (SSSR count). The van der Waals surface area contributed by atoms with Crippen molar-refractivity contribution in [2.75, 3.05) is 13.1 Å². The van der Waals surface area contributed by atoms with Gasteiger partial charge in [-0.3, -0.25) is 0 Å². The first-order valence-corrected chi connectivity index (χ1v) is 8.63. The number of carbonyl (C=O) groups is 1. The number of fused-ring (bicyclic) bond motifs is 5. The molecule has 3 aliphatic carbocycles.